The first-order chi connectivity index (χ1) is 8.57. The van der Waals surface area contributed by atoms with Gasteiger partial charge in [-0.2, -0.15) is 0 Å². The first-order valence-corrected chi connectivity index (χ1v) is 6.29. The zero-order valence-corrected chi connectivity index (χ0v) is 11.0. The molecule has 0 rings (SSSR count). The molecule has 0 aliphatic rings. The lowest BCUT2D eigenvalue weighted by Gasteiger charge is -2.03. The summed E-state index contributed by atoms with van der Waals surface area (Å²) in [5.41, 5.74) is -0.0191. The predicted molar refractivity (Wildman–Crippen MR) is 70.3 cm³/mol. The van der Waals surface area contributed by atoms with Gasteiger partial charge in [-0.25, -0.2) is 4.79 Å². The number of rotatable bonds is 10. The minimum atomic E-state index is -1.08. The van der Waals surface area contributed by atoms with E-state index in [-0.39, 0.29) is 18.6 Å². The van der Waals surface area contributed by atoms with Gasteiger partial charge in [0.15, 0.2) is 0 Å². The van der Waals surface area contributed by atoms with Crippen molar-refractivity contribution in [3.8, 4) is 0 Å². The van der Waals surface area contributed by atoms with E-state index in [4.69, 9.17) is 9.84 Å². The van der Waals surface area contributed by atoms with Crippen molar-refractivity contribution in [3.63, 3.8) is 0 Å². The van der Waals surface area contributed by atoms with E-state index < -0.39 is 11.9 Å². The number of aliphatic carboxylic acids is 1. The van der Waals surface area contributed by atoms with E-state index in [1.165, 1.54) is 19.3 Å². The van der Waals surface area contributed by atoms with Gasteiger partial charge >= 0.3 is 11.9 Å². The molecule has 4 heteroatoms. The topological polar surface area (TPSA) is 63.6 Å². The molecule has 1 N–H and O–H groups in total. The second kappa shape index (κ2) is 10.6. The average Bonchev–Trinajstić information content (AvgIpc) is 2.31. The standard InChI is InChI=1S/C14H22O4/c1-3-4-5-6-7-8-9-10-18-14(17)12(2)11-13(15)16/h7-8H,2-6,9-11H2,1H3,(H,15,16). The minimum Gasteiger partial charge on any atom is -0.481 e. The summed E-state index contributed by atoms with van der Waals surface area (Å²) in [6, 6.07) is 0. The van der Waals surface area contributed by atoms with Gasteiger partial charge in [0, 0.05) is 5.57 Å². The second-order valence-corrected chi connectivity index (χ2v) is 4.07. The van der Waals surface area contributed by atoms with Crippen LogP contribution in [0.1, 0.15) is 45.4 Å². The quantitative estimate of drug-likeness (QED) is 0.281. The number of hydrogen-bond acceptors (Lipinski definition) is 3. The highest BCUT2D eigenvalue weighted by Crippen LogP contribution is 2.03. The maximum atomic E-state index is 11.2. The van der Waals surface area contributed by atoms with Crippen LogP contribution in [0, 0.1) is 0 Å². The molecule has 0 atom stereocenters. The predicted octanol–water partition coefficient (Wildman–Crippen LogP) is 3.09. The van der Waals surface area contributed by atoms with Gasteiger partial charge in [-0.05, 0) is 19.3 Å². The smallest absolute Gasteiger partial charge is 0.334 e. The zero-order valence-electron chi connectivity index (χ0n) is 11.0. The molecule has 0 fully saturated rings. The third-order valence-electron chi connectivity index (χ3n) is 2.31. The van der Waals surface area contributed by atoms with Crippen LogP contribution in [0.2, 0.25) is 0 Å². The summed E-state index contributed by atoms with van der Waals surface area (Å²) in [5.74, 6) is -1.70. The molecule has 0 radical (unpaired) electrons. The number of carbonyl (C=O) groups is 2. The van der Waals surface area contributed by atoms with E-state index in [0.29, 0.717) is 6.42 Å². The van der Waals surface area contributed by atoms with Crippen LogP contribution in [0.25, 0.3) is 0 Å². The average molecular weight is 254 g/mol. The number of unbranched alkanes of at least 4 members (excludes halogenated alkanes) is 3. The Kier molecular flexibility index (Phi) is 9.64. The normalized spacial score (nSPS) is 10.5. The summed E-state index contributed by atoms with van der Waals surface area (Å²) in [6.45, 7) is 5.80. The van der Waals surface area contributed by atoms with Crippen LogP contribution < -0.4 is 0 Å². The molecule has 0 saturated carbocycles. The fourth-order valence-electron chi connectivity index (χ4n) is 1.32. The van der Waals surface area contributed by atoms with Gasteiger partial charge in [0.1, 0.15) is 0 Å². The molecule has 4 nitrogen and oxygen atoms in total. The maximum absolute atomic E-state index is 11.2. The molecule has 0 heterocycles. The van der Waals surface area contributed by atoms with Crippen molar-refractivity contribution in [2.75, 3.05) is 6.61 Å². The fraction of sp³-hybridized carbons (Fsp3) is 0.571. The Bertz CT molecular complexity index is 305. The summed E-state index contributed by atoms with van der Waals surface area (Å²) in [5, 5.41) is 8.47. The van der Waals surface area contributed by atoms with Gasteiger partial charge < -0.3 is 9.84 Å². The number of ether oxygens (including phenoxy) is 1. The SMILES string of the molecule is C=C(CC(=O)O)C(=O)OCCC=CCCCCC. The molecule has 18 heavy (non-hydrogen) atoms. The van der Waals surface area contributed by atoms with E-state index in [0.717, 1.165) is 6.42 Å². The molecular formula is C14H22O4. The first-order valence-electron chi connectivity index (χ1n) is 6.29. The van der Waals surface area contributed by atoms with Crippen LogP contribution in [-0.2, 0) is 14.3 Å². The van der Waals surface area contributed by atoms with Crippen LogP contribution in [0.5, 0.6) is 0 Å². The van der Waals surface area contributed by atoms with E-state index in [1.54, 1.807) is 0 Å². The van der Waals surface area contributed by atoms with Crippen molar-refractivity contribution in [1.29, 1.82) is 0 Å². The lowest BCUT2D eigenvalue weighted by molar-refractivity contribution is -0.142. The van der Waals surface area contributed by atoms with Gasteiger partial charge in [0.2, 0.25) is 0 Å². The molecule has 0 bridgehead atoms. The van der Waals surface area contributed by atoms with Gasteiger partial charge in [-0.15, -0.1) is 0 Å². The van der Waals surface area contributed by atoms with Crippen LogP contribution in [0.3, 0.4) is 0 Å². The monoisotopic (exact) mass is 254 g/mol. The highest BCUT2D eigenvalue weighted by molar-refractivity contribution is 5.92. The molecule has 102 valence electrons. The van der Waals surface area contributed by atoms with E-state index >= 15 is 0 Å². The van der Waals surface area contributed by atoms with Gasteiger partial charge in [-0.3, -0.25) is 4.79 Å². The number of carboxylic acid groups (broad SMARTS) is 1. The van der Waals surface area contributed by atoms with E-state index in [2.05, 4.69) is 19.6 Å². The van der Waals surface area contributed by atoms with Crippen molar-refractivity contribution < 1.29 is 19.4 Å². The van der Waals surface area contributed by atoms with Gasteiger partial charge in [-0.1, -0.05) is 38.5 Å². The molecule has 0 aromatic heterocycles. The lowest BCUT2D eigenvalue weighted by atomic mass is 10.2. The minimum absolute atomic E-state index is 0.0191. The third-order valence-corrected chi connectivity index (χ3v) is 2.31. The summed E-state index contributed by atoms with van der Waals surface area (Å²) in [4.78, 5) is 21.6. The second-order valence-electron chi connectivity index (χ2n) is 4.07. The number of allylic oxidation sites excluding steroid dienone is 1. The molecule has 0 aliphatic carbocycles. The molecule has 0 aliphatic heterocycles. The Labute approximate surface area is 108 Å². The van der Waals surface area contributed by atoms with Gasteiger partial charge in [0.25, 0.3) is 0 Å². The van der Waals surface area contributed by atoms with E-state index in [9.17, 15) is 9.59 Å². The molecule has 0 spiro atoms. The Morgan fingerprint density at radius 2 is 1.89 bits per heavy atom. The molecule has 0 amide bonds. The number of carboxylic acids is 1. The number of hydrogen-bond donors (Lipinski definition) is 1. The van der Waals surface area contributed by atoms with Crippen LogP contribution in [-0.4, -0.2) is 23.7 Å². The Hall–Kier alpha value is -1.58. The van der Waals surface area contributed by atoms with Crippen molar-refractivity contribution in [3.05, 3.63) is 24.3 Å². The highest BCUT2D eigenvalue weighted by Gasteiger charge is 2.11. The fourth-order valence-corrected chi connectivity index (χ4v) is 1.32. The summed E-state index contributed by atoms with van der Waals surface area (Å²) in [6.07, 6.45) is 9.00. The maximum Gasteiger partial charge on any atom is 0.334 e. The van der Waals surface area contributed by atoms with Crippen LogP contribution >= 0.6 is 0 Å². The van der Waals surface area contributed by atoms with Crippen molar-refractivity contribution in [2.45, 2.75) is 45.4 Å². The Balaban J connectivity index is 3.56. The number of esters is 1. The first kappa shape index (κ1) is 16.4. The van der Waals surface area contributed by atoms with Crippen LogP contribution in [0.15, 0.2) is 24.3 Å². The highest BCUT2D eigenvalue weighted by atomic mass is 16.5. The van der Waals surface area contributed by atoms with Crippen molar-refractivity contribution >= 4 is 11.9 Å². The Morgan fingerprint density at radius 3 is 2.50 bits per heavy atom. The molecule has 0 unspecified atom stereocenters. The molecule has 0 aromatic rings. The summed E-state index contributed by atoms with van der Waals surface area (Å²) in [7, 11) is 0. The number of carbonyl (C=O) groups excluding carboxylic acids is 1. The van der Waals surface area contributed by atoms with Crippen molar-refractivity contribution in [2.24, 2.45) is 0 Å². The summed E-state index contributed by atoms with van der Waals surface area (Å²) >= 11 is 0. The van der Waals surface area contributed by atoms with Crippen molar-refractivity contribution in [1.82, 2.24) is 0 Å². The Morgan fingerprint density at radius 1 is 1.22 bits per heavy atom. The largest absolute Gasteiger partial charge is 0.481 e. The lowest BCUT2D eigenvalue weighted by Crippen LogP contribution is -2.11. The molecule has 0 aromatic carbocycles. The van der Waals surface area contributed by atoms with E-state index in [1.807, 2.05) is 6.08 Å². The van der Waals surface area contributed by atoms with Gasteiger partial charge in [0.05, 0.1) is 13.0 Å². The zero-order chi connectivity index (χ0) is 13.8. The molecular weight excluding hydrogens is 232 g/mol. The van der Waals surface area contributed by atoms with Crippen LogP contribution in [0.4, 0.5) is 0 Å². The summed E-state index contributed by atoms with van der Waals surface area (Å²) < 4.78 is 4.88. The third kappa shape index (κ3) is 9.63. The molecule has 0 saturated heterocycles.